The molecule has 2 rings (SSSR count). The number of carbonyl (C=O) groups excluding carboxylic acids is 1. The van der Waals surface area contributed by atoms with Gasteiger partial charge in [-0.25, -0.2) is 9.59 Å². The number of hydrogen-bond donors (Lipinski definition) is 2. The number of aliphatic carboxylic acids is 1. The van der Waals surface area contributed by atoms with E-state index in [1.54, 1.807) is 30.3 Å². The summed E-state index contributed by atoms with van der Waals surface area (Å²) in [5.74, 6) is -1.14. The molecule has 22 heavy (non-hydrogen) atoms. The molecular weight excluding hydrogens is 302 g/mol. The van der Waals surface area contributed by atoms with Gasteiger partial charge in [0.15, 0.2) is 6.04 Å². The molecule has 5 nitrogen and oxygen atoms in total. The lowest BCUT2D eigenvalue weighted by atomic mass is 10.1. The largest absolute Gasteiger partial charge is 0.479 e. The fourth-order valence-electron chi connectivity index (χ4n) is 1.82. The predicted molar refractivity (Wildman–Crippen MR) is 87.0 cm³/mol. The maximum absolute atomic E-state index is 11.7. The van der Waals surface area contributed by atoms with Gasteiger partial charge in [-0.3, -0.25) is 0 Å². The molecule has 0 saturated heterocycles. The SMILES string of the molecule is O=C(N[C@H](C(=O)O)c1ccccc1)OCc1ccccc1.S. The first-order chi connectivity index (χ1) is 10.2. The highest BCUT2D eigenvalue weighted by Crippen LogP contribution is 2.13. The Morgan fingerprint density at radius 2 is 1.55 bits per heavy atom. The maximum Gasteiger partial charge on any atom is 0.408 e. The molecule has 0 radical (unpaired) electrons. The average Bonchev–Trinajstić information content (AvgIpc) is 2.52. The first-order valence-electron chi connectivity index (χ1n) is 6.42. The van der Waals surface area contributed by atoms with E-state index in [-0.39, 0.29) is 20.1 Å². The van der Waals surface area contributed by atoms with E-state index in [9.17, 15) is 14.7 Å². The van der Waals surface area contributed by atoms with Crippen LogP contribution >= 0.6 is 13.5 Å². The number of nitrogens with one attached hydrogen (secondary N) is 1. The standard InChI is InChI=1S/C16H15NO4.H2S/c18-15(19)14(13-9-5-2-6-10-13)17-16(20)21-11-12-7-3-1-4-8-12;/h1-10,14H,11H2,(H,17,20)(H,18,19);1H2/t14-;/m0./s1. The number of carboxylic acid groups (broad SMARTS) is 1. The van der Waals surface area contributed by atoms with Crippen molar-refractivity contribution in [2.75, 3.05) is 0 Å². The fourth-order valence-corrected chi connectivity index (χ4v) is 1.82. The summed E-state index contributed by atoms with van der Waals surface area (Å²) in [6.07, 6.45) is -0.768. The van der Waals surface area contributed by atoms with Gasteiger partial charge in [-0.2, -0.15) is 13.5 Å². The third kappa shape index (κ3) is 5.14. The Labute approximate surface area is 135 Å². The van der Waals surface area contributed by atoms with E-state index < -0.39 is 18.1 Å². The number of alkyl carbamates (subject to hydrolysis) is 1. The second-order valence-electron chi connectivity index (χ2n) is 4.39. The summed E-state index contributed by atoms with van der Waals surface area (Å²) in [5, 5.41) is 11.5. The van der Waals surface area contributed by atoms with Gasteiger partial charge in [-0.15, -0.1) is 0 Å². The van der Waals surface area contributed by atoms with Crippen LogP contribution in [-0.4, -0.2) is 17.2 Å². The molecule has 0 heterocycles. The molecule has 0 aliphatic carbocycles. The summed E-state index contributed by atoms with van der Waals surface area (Å²) in [6.45, 7) is 0.0911. The van der Waals surface area contributed by atoms with E-state index in [4.69, 9.17) is 4.74 Å². The highest BCUT2D eigenvalue weighted by atomic mass is 32.1. The lowest BCUT2D eigenvalue weighted by Gasteiger charge is -2.14. The topological polar surface area (TPSA) is 75.6 Å². The monoisotopic (exact) mass is 319 g/mol. The summed E-state index contributed by atoms with van der Waals surface area (Å²) in [4.78, 5) is 22.9. The molecule has 6 heteroatoms. The number of carboxylic acids is 1. The zero-order valence-corrected chi connectivity index (χ0v) is 12.7. The first kappa shape index (κ1) is 17.6. The van der Waals surface area contributed by atoms with E-state index in [0.717, 1.165) is 5.56 Å². The number of carbonyl (C=O) groups is 2. The predicted octanol–water partition coefficient (Wildman–Crippen LogP) is 2.85. The summed E-state index contributed by atoms with van der Waals surface area (Å²) in [5.41, 5.74) is 1.32. The van der Waals surface area contributed by atoms with Crippen LogP contribution in [0.5, 0.6) is 0 Å². The molecule has 0 spiro atoms. The molecule has 1 atom stereocenters. The van der Waals surface area contributed by atoms with Gasteiger partial charge < -0.3 is 15.2 Å². The first-order valence-corrected chi connectivity index (χ1v) is 6.42. The normalized spacial score (nSPS) is 10.9. The van der Waals surface area contributed by atoms with Crippen molar-refractivity contribution in [3.63, 3.8) is 0 Å². The van der Waals surface area contributed by atoms with Crippen molar-refractivity contribution in [3.8, 4) is 0 Å². The summed E-state index contributed by atoms with van der Waals surface area (Å²) in [7, 11) is 0. The summed E-state index contributed by atoms with van der Waals surface area (Å²) >= 11 is 0. The zero-order valence-electron chi connectivity index (χ0n) is 11.7. The number of benzene rings is 2. The number of ether oxygens (including phenoxy) is 1. The van der Waals surface area contributed by atoms with E-state index in [0.29, 0.717) is 5.56 Å². The molecule has 0 saturated carbocycles. The number of rotatable bonds is 5. The van der Waals surface area contributed by atoms with Gasteiger partial charge in [0.25, 0.3) is 0 Å². The Balaban J connectivity index is 0.00000242. The maximum atomic E-state index is 11.7. The Morgan fingerprint density at radius 1 is 1.00 bits per heavy atom. The minimum absolute atomic E-state index is 0. The van der Waals surface area contributed by atoms with Crippen LogP contribution in [0.15, 0.2) is 60.7 Å². The van der Waals surface area contributed by atoms with Crippen LogP contribution in [0.1, 0.15) is 17.2 Å². The molecule has 0 fully saturated rings. The Morgan fingerprint density at radius 3 is 2.09 bits per heavy atom. The van der Waals surface area contributed by atoms with Gasteiger partial charge >= 0.3 is 12.1 Å². The van der Waals surface area contributed by atoms with Gasteiger partial charge in [0, 0.05) is 0 Å². The molecule has 2 aromatic rings. The lowest BCUT2D eigenvalue weighted by molar-refractivity contribution is -0.139. The summed E-state index contributed by atoms with van der Waals surface area (Å²) in [6, 6.07) is 16.5. The molecule has 2 aromatic carbocycles. The smallest absolute Gasteiger partial charge is 0.408 e. The van der Waals surface area contributed by atoms with Crippen LogP contribution in [0.2, 0.25) is 0 Å². The summed E-state index contributed by atoms with van der Waals surface area (Å²) < 4.78 is 5.02. The highest BCUT2D eigenvalue weighted by Gasteiger charge is 2.22. The third-order valence-corrected chi connectivity index (χ3v) is 2.85. The highest BCUT2D eigenvalue weighted by molar-refractivity contribution is 7.59. The van der Waals surface area contributed by atoms with Crippen molar-refractivity contribution in [3.05, 3.63) is 71.8 Å². The van der Waals surface area contributed by atoms with E-state index in [1.807, 2.05) is 30.3 Å². The van der Waals surface area contributed by atoms with Crippen molar-refractivity contribution in [2.45, 2.75) is 12.6 Å². The van der Waals surface area contributed by atoms with Gasteiger partial charge in [0.1, 0.15) is 6.61 Å². The molecule has 116 valence electrons. The van der Waals surface area contributed by atoms with Gasteiger partial charge in [0.2, 0.25) is 0 Å². The van der Waals surface area contributed by atoms with Crippen LogP contribution < -0.4 is 5.32 Å². The zero-order chi connectivity index (χ0) is 15.1. The van der Waals surface area contributed by atoms with Crippen molar-refractivity contribution < 1.29 is 19.4 Å². The van der Waals surface area contributed by atoms with Crippen LogP contribution in [0.4, 0.5) is 4.79 Å². The molecule has 0 aromatic heterocycles. The van der Waals surface area contributed by atoms with Crippen LogP contribution in [0, 0.1) is 0 Å². The van der Waals surface area contributed by atoms with Crippen molar-refractivity contribution in [1.29, 1.82) is 0 Å². The number of hydrogen-bond acceptors (Lipinski definition) is 3. The Bertz CT molecular complexity index is 604. The van der Waals surface area contributed by atoms with Crippen molar-refractivity contribution in [1.82, 2.24) is 5.32 Å². The molecule has 0 aliphatic heterocycles. The molecule has 1 amide bonds. The molecule has 0 aliphatic rings. The molecule has 2 N–H and O–H groups in total. The quantitative estimate of drug-likeness (QED) is 0.888. The second kappa shape index (κ2) is 8.74. The number of amides is 1. The Kier molecular flexibility index (Phi) is 6.98. The van der Waals surface area contributed by atoms with Crippen LogP contribution in [0.3, 0.4) is 0 Å². The third-order valence-electron chi connectivity index (χ3n) is 2.85. The second-order valence-corrected chi connectivity index (χ2v) is 4.39. The average molecular weight is 319 g/mol. The Hall–Kier alpha value is -2.47. The minimum atomic E-state index is -1.14. The molecule has 0 bridgehead atoms. The lowest BCUT2D eigenvalue weighted by Crippen LogP contribution is -2.34. The molecule has 0 unspecified atom stereocenters. The fraction of sp³-hybridized carbons (Fsp3) is 0.125. The van der Waals surface area contributed by atoms with E-state index in [2.05, 4.69) is 5.32 Å². The van der Waals surface area contributed by atoms with Crippen molar-refractivity contribution >= 4 is 25.6 Å². The minimum Gasteiger partial charge on any atom is -0.479 e. The molecular formula is C16H17NO4S. The van der Waals surface area contributed by atoms with E-state index in [1.165, 1.54) is 0 Å². The van der Waals surface area contributed by atoms with E-state index >= 15 is 0 Å². The van der Waals surface area contributed by atoms with Gasteiger partial charge in [-0.1, -0.05) is 60.7 Å². The van der Waals surface area contributed by atoms with Gasteiger partial charge in [0.05, 0.1) is 0 Å². The van der Waals surface area contributed by atoms with Crippen LogP contribution in [-0.2, 0) is 16.1 Å². The van der Waals surface area contributed by atoms with Crippen LogP contribution in [0.25, 0.3) is 0 Å². The van der Waals surface area contributed by atoms with Crippen molar-refractivity contribution in [2.24, 2.45) is 0 Å². The van der Waals surface area contributed by atoms with Gasteiger partial charge in [-0.05, 0) is 11.1 Å².